The monoisotopic (exact) mass is 288 g/mol. The van der Waals surface area contributed by atoms with Gasteiger partial charge in [-0.2, -0.15) is 10.2 Å². The van der Waals surface area contributed by atoms with Crippen molar-refractivity contribution < 1.29 is 14.4 Å². The number of aromatic nitrogens is 2. The van der Waals surface area contributed by atoms with Gasteiger partial charge in [-0.1, -0.05) is 19.3 Å². The number of barbiturate groups is 1. The second kappa shape index (κ2) is 5.23. The van der Waals surface area contributed by atoms with E-state index >= 15 is 0 Å². The molecule has 2 fully saturated rings. The minimum atomic E-state index is -1.08. The van der Waals surface area contributed by atoms with E-state index in [2.05, 4.69) is 15.5 Å². The lowest BCUT2D eigenvalue weighted by Gasteiger charge is -2.41. The smallest absolute Gasteiger partial charge is 0.277 e. The number of hydrogen-bond donors (Lipinski definition) is 1. The molecule has 1 aliphatic heterocycles. The number of nitrogens with zero attached hydrogens (tertiary/aromatic N) is 3. The lowest BCUT2D eigenvalue weighted by atomic mass is 9.71. The number of urea groups is 1. The van der Waals surface area contributed by atoms with Crippen LogP contribution < -0.4 is 5.32 Å². The van der Waals surface area contributed by atoms with Crippen molar-refractivity contribution in [1.82, 2.24) is 20.4 Å². The summed E-state index contributed by atoms with van der Waals surface area (Å²) in [6.07, 6.45) is 5.19. The molecule has 3 rings (SSSR count). The molecule has 1 aromatic rings. The van der Waals surface area contributed by atoms with Crippen LogP contribution >= 0.6 is 0 Å². The van der Waals surface area contributed by atoms with E-state index in [0.29, 0.717) is 18.5 Å². The molecule has 1 aliphatic carbocycles. The number of hydrogen-bond acceptors (Lipinski definition) is 5. The standard InChI is InChI=1S/C14H16N4O3/c19-11-14(6-2-1-3-7-14)12(20)18(13(21)16-11)9-10-5-4-8-15-17-10/h4-5,8H,1-3,6-7,9H2,(H,16,19,21). The highest BCUT2D eigenvalue weighted by Gasteiger charge is 2.53. The molecule has 1 aromatic heterocycles. The maximum absolute atomic E-state index is 12.7. The molecule has 1 saturated heterocycles. The summed E-state index contributed by atoms with van der Waals surface area (Å²) >= 11 is 0. The first-order valence-corrected chi connectivity index (χ1v) is 7.07. The van der Waals surface area contributed by atoms with Gasteiger partial charge in [0.2, 0.25) is 11.8 Å². The maximum Gasteiger partial charge on any atom is 0.331 e. The third kappa shape index (κ3) is 2.28. The Kier molecular flexibility index (Phi) is 3.40. The van der Waals surface area contributed by atoms with E-state index in [4.69, 9.17) is 0 Å². The lowest BCUT2D eigenvalue weighted by Crippen LogP contribution is -2.64. The molecule has 7 nitrogen and oxygen atoms in total. The fourth-order valence-electron chi connectivity index (χ4n) is 3.05. The van der Waals surface area contributed by atoms with Crippen LogP contribution in [0.25, 0.3) is 0 Å². The first-order chi connectivity index (χ1) is 10.1. The Morgan fingerprint density at radius 1 is 1.19 bits per heavy atom. The average molecular weight is 288 g/mol. The zero-order valence-corrected chi connectivity index (χ0v) is 11.5. The van der Waals surface area contributed by atoms with Gasteiger partial charge in [0.1, 0.15) is 5.41 Å². The van der Waals surface area contributed by atoms with Crippen LogP contribution in [0.2, 0.25) is 0 Å². The molecule has 1 N–H and O–H groups in total. The molecule has 1 saturated carbocycles. The van der Waals surface area contributed by atoms with Gasteiger partial charge in [-0.25, -0.2) is 4.79 Å². The van der Waals surface area contributed by atoms with Crippen LogP contribution in [-0.2, 0) is 16.1 Å². The van der Waals surface area contributed by atoms with Crippen molar-refractivity contribution in [3.05, 3.63) is 24.0 Å². The average Bonchev–Trinajstić information content (AvgIpc) is 2.52. The van der Waals surface area contributed by atoms with Gasteiger partial charge in [-0.15, -0.1) is 0 Å². The van der Waals surface area contributed by atoms with Crippen LogP contribution in [0, 0.1) is 5.41 Å². The molecule has 0 unspecified atom stereocenters. The van der Waals surface area contributed by atoms with E-state index in [1.54, 1.807) is 12.1 Å². The van der Waals surface area contributed by atoms with Crippen molar-refractivity contribution in [3.63, 3.8) is 0 Å². The highest BCUT2D eigenvalue weighted by atomic mass is 16.2. The molecule has 1 spiro atoms. The van der Waals surface area contributed by atoms with Gasteiger partial charge in [0.25, 0.3) is 0 Å². The molecule has 0 radical (unpaired) electrons. The number of carbonyl (C=O) groups excluding carboxylic acids is 3. The summed E-state index contributed by atoms with van der Waals surface area (Å²) in [7, 11) is 0. The van der Waals surface area contributed by atoms with Gasteiger partial charge in [0.05, 0.1) is 12.2 Å². The van der Waals surface area contributed by atoms with Gasteiger partial charge in [0, 0.05) is 6.20 Å². The number of imide groups is 2. The van der Waals surface area contributed by atoms with Crippen molar-refractivity contribution in [2.45, 2.75) is 38.6 Å². The highest BCUT2D eigenvalue weighted by molar-refractivity contribution is 6.19. The molecule has 2 aliphatic rings. The van der Waals surface area contributed by atoms with Crippen LogP contribution in [0.1, 0.15) is 37.8 Å². The minimum Gasteiger partial charge on any atom is -0.277 e. The van der Waals surface area contributed by atoms with Gasteiger partial charge in [-0.3, -0.25) is 19.8 Å². The fourth-order valence-corrected chi connectivity index (χ4v) is 3.05. The van der Waals surface area contributed by atoms with Gasteiger partial charge < -0.3 is 0 Å². The van der Waals surface area contributed by atoms with E-state index < -0.39 is 23.3 Å². The summed E-state index contributed by atoms with van der Waals surface area (Å²) in [6.45, 7) is 0.0353. The normalized spacial score (nSPS) is 21.5. The van der Waals surface area contributed by atoms with Crippen LogP contribution in [-0.4, -0.2) is 32.9 Å². The Bertz CT molecular complexity index is 581. The van der Waals surface area contributed by atoms with Gasteiger partial charge in [-0.05, 0) is 25.0 Å². The van der Waals surface area contributed by atoms with E-state index in [9.17, 15) is 14.4 Å². The Morgan fingerprint density at radius 3 is 2.62 bits per heavy atom. The first kappa shape index (κ1) is 13.7. The van der Waals surface area contributed by atoms with Crippen LogP contribution in [0.4, 0.5) is 4.79 Å². The second-order valence-electron chi connectivity index (χ2n) is 5.51. The lowest BCUT2D eigenvalue weighted by molar-refractivity contribution is -0.154. The number of nitrogens with one attached hydrogen (secondary N) is 1. The molecule has 110 valence electrons. The largest absolute Gasteiger partial charge is 0.331 e. The quantitative estimate of drug-likeness (QED) is 0.820. The molecule has 0 bridgehead atoms. The fraction of sp³-hybridized carbons (Fsp3) is 0.500. The van der Waals surface area contributed by atoms with Crippen molar-refractivity contribution in [3.8, 4) is 0 Å². The first-order valence-electron chi connectivity index (χ1n) is 7.07. The summed E-state index contributed by atoms with van der Waals surface area (Å²) in [4.78, 5) is 38.0. The summed E-state index contributed by atoms with van der Waals surface area (Å²) < 4.78 is 0. The maximum atomic E-state index is 12.7. The topological polar surface area (TPSA) is 92.3 Å². The Hall–Kier alpha value is -2.31. The van der Waals surface area contributed by atoms with E-state index in [-0.39, 0.29) is 6.54 Å². The highest BCUT2D eigenvalue weighted by Crippen LogP contribution is 2.40. The van der Waals surface area contributed by atoms with Crippen LogP contribution in [0.15, 0.2) is 18.3 Å². The number of carbonyl (C=O) groups is 3. The van der Waals surface area contributed by atoms with Crippen LogP contribution in [0.5, 0.6) is 0 Å². The molecular formula is C14H16N4O3. The Morgan fingerprint density at radius 2 is 1.95 bits per heavy atom. The molecule has 7 heteroatoms. The minimum absolute atomic E-state index is 0.0353. The van der Waals surface area contributed by atoms with E-state index in [0.717, 1.165) is 24.2 Å². The summed E-state index contributed by atoms with van der Waals surface area (Å²) in [5.41, 5.74) is -0.560. The zero-order chi connectivity index (χ0) is 14.9. The van der Waals surface area contributed by atoms with Gasteiger partial charge in [0.15, 0.2) is 0 Å². The van der Waals surface area contributed by atoms with Crippen molar-refractivity contribution >= 4 is 17.8 Å². The third-order valence-electron chi connectivity index (χ3n) is 4.21. The molecule has 0 atom stereocenters. The predicted octanol–water partition coefficient (Wildman–Crippen LogP) is 1.01. The SMILES string of the molecule is O=C1NC(=O)C2(CCCCC2)C(=O)N1Cc1cccnn1. The molecular weight excluding hydrogens is 272 g/mol. The van der Waals surface area contributed by atoms with Crippen LogP contribution in [0.3, 0.4) is 0 Å². The Labute approximate surface area is 121 Å². The Balaban J connectivity index is 1.88. The number of rotatable bonds is 2. The molecule has 0 aromatic carbocycles. The molecule has 2 heterocycles. The third-order valence-corrected chi connectivity index (χ3v) is 4.21. The summed E-state index contributed by atoms with van der Waals surface area (Å²) in [5.74, 6) is -0.853. The van der Waals surface area contributed by atoms with Crippen molar-refractivity contribution in [2.75, 3.05) is 0 Å². The van der Waals surface area contributed by atoms with Crippen molar-refractivity contribution in [2.24, 2.45) is 5.41 Å². The predicted molar refractivity (Wildman–Crippen MR) is 71.6 cm³/mol. The van der Waals surface area contributed by atoms with Crippen molar-refractivity contribution in [1.29, 1.82) is 0 Å². The summed E-state index contributed by atoms with van der Waals surface area (Å²) in [5, 5.41) is 9.94. The second-order valence-corrected chi connectivity index (χ2v) is 5.51. The van der Waals surface area contributed by atoms with Gasteiger partial charge >= 0.3 is 6.03 Å². The van der Waals surface area contributed by atoms with E-state index in [1.165, 1.54) is 6.20 Å². The molecule has 21 heavy (non-hydrogen) atoms. The summed E-state index contributed by atoms with van der Waals surface area (Å²) in [6, 6.07) is 2.71. The number of amides is 4. The van der Waals surface area contributed by atoms with E-state index in [1.807, 2.05) is 0 Å². The molecule has 4 amide bonds. The zero-order valence-electron chi connectivity index (χ0n) is 11.5.